The van der Waals surface area contributed by atoms with E-state index in [1.807, 2.05) is 0 Å². The maximum Gasteiger partial charge on any atom is 0.352 e. The number of phenolic OH excluding ortho intramolecular Hbond substituents is 1. The molecule has 15 amide bonds. The first-order valence-corrected chi connectivity index (χ1v) is 40.0. The van der Waals surface area contributed by atoms with Gasteiger partial charge in [-0.25, -0.2) is 14.8 Å². The molecule has 42 heteroatoms. The fraction of sp³-hybridized carbons (Fsp3) is 0.521. The number of hydrogen-bond donors (Lipinski definition) is 17. The number of carboxylic acid groups (broad SMARTS) is 1. The molecular weight excluding hydrogens is 1560 g/mol. The summed E-state index contributed by atoms with van der Waals surface area (Å²) in [6.45, 7) is 9.25. The van der Waals surface area contributed by atoms with Crippen LogP contribution in [-0.2, 0) is 112 Å². The van der Waals surface area contributed by atoms with E-state index in [0.717, 1.165) is 26.5 Å². The highest BCUT2D eigenvalue weighted by atomic mass is 35.5. The van der Waals surface area contributed by atoms with Gasteiger partial charge in [0.2, 0.25) is 76.8 Å². The van der Waals surface area contributed by atoms with Crippen molar-refractivity contribution in [3.63, 3.8) is 0 Å². The molecule has 4 aromatic rings. The molecule has 3 aliphatic rings. The van der Waals surface area contributed by atoms with Crippen molar-refractivity contribution in [1.29, 1.82) is 0 Å². The number of aliphatic hydroxyl groups is 1. The number of aliphatic hydroxyl groups excluding tert-OH is 1. The van der Waals surface area contributed by atoms with Crippen molar-refractivity contribution in [2.24, 2.45) is 17.8 Å². The van der Waals surface area contributed by atoms with E-state index in [4.69, 9.17) is 16.4 Å². The second-order valence-electron chi connectivity index (χ2n) is 28.7. The number of imidazole rings is 2. The summed E-state index contributed by atoms with van der Waals surface area (Å²) in [6, 6.07) is -5.44. The molecule has 39 nitrogen and oxygen atoms in total. The third-order valence-electron chi connectivity index (χ3n) is 18.5. The van der Waals surface area contributed by atoms with Crippen molar-refractivity contribution in [1.82, 2.24) is 93.7 Å². The first-order chi connectivity index (χ1) is 54.5. The number of amides is 15. The minimum Gasteiger partial charge on any atom is -0.506 e. The first-order valence-electron chi connectivity index (χ1n) is 37.1. The lowest BCUT2D eigenvalue weighted by molar-refractivity contribution is -0.196. The van der Waals surface area contributed by atoms with Crippen LogP contribution >= 0.6 is 33.2 Å². The zero-order valence-corrected chi connectivity index (χ0v) is 66.5. The summed E-state index contributed by atoms with van der Waals surface area (Å²) in [5.41, 5.74) is 1.27. The monoisotopic (exact) mass is 1660 g/mol. The number of benzene rings is 2. The number of phenols is 1. The van der Waals surface area contributed by atoms with Crippen LogP contribution in [-0.4, -0.2) is 249 Å². The van der Waals surface area contributed by atoms with Crippen LogP contribution in [0.25, 0.3) is 0 Å². The fourth-order valence-electron chi connectivity index (χ4n) is 12.4. The van der Waals surface area contributed by atoms with Crippen molar-refractivity contribution in [2.45, 2.75) is 192 Å². The number of rotatable bonds is 33. The number of carboxylic acids is 1. The normalized spacial score (nSPS) is 20.8. The Morgan fingerprint density at radius 3 is 1.83 bits per heavy atom. The topological polar surface area (TPSA) is 568 Å². The van der Waals surface area contributed by atoms with Gasteiger partial charge in [-0.15, -0.1) is 5.06 Å². The smallest absolute Gasteiger partial charge is 0.352 e. The maximum absolute atomic E-state index is 15.5. The van der Waals surface area contributed by atoms with Gasteiger partial charge in [0, 0.05) is 82.3 Å². The number of fused-ring (bicyclic) bond motifs is 1. The summed E-state index contributed by atoms with van der Waals surface area (Å²) in [4.78, 5) is 257. The van der Waals surface area contributed by atoms with E-state index in [1.54, 1.807) is 71.9 Å². The van der Waals surface area contributed by atoms with Crippen molar-refractivity contribution >= 4 is 134 Å². The zero-order chi connectivity index (χ0) is 84.3. The molecule has 0 aliphatic carbocycles. The van der Waals surface area contributed by atoms with E-state index < -0.39 is 242 Å². The number of aromatic hydroxyl groups is 1. The van der Waals surface area contributed by atoms with Crippen LogP contribution in [0.4, 0.5) is 0 Å². The Balaban J connectivity index is 1.23. The molecule has 3 aliphatic heterocycles. The van der Waals surface area contributed by atoms with Gasteiger partial charge in [0.15, 0.2) is 0 Å². The van der Waals surface area contributed by atoms with Gasteiger partial charge in [-0.2, -0.15) is 0 Å². The van der Waals surface area contributed by atoms with Crippen molar-refractivity contribution < 1.29 is 102 Å². The van der Waals surface area contributed by atoms with Gasteiger partial charge in [-0.1, -0.05) is 118 Å². The van der Waals surface area contributed by atoms with Gasteiger partial charge in [0.1, 0.15) is 78.8 Å². The number of H-pyrrole nitrogens is 2. The summed E-state index contributed by atoms with van der Waals surface area (Å²) < 4.78 is 0. The van der Waals surface area contributed by atoms with E-state index in [0.29, 0.717) is 10.6 Å². The van der Waals surface area contributed by atoms with Crippen LogP contribution in [0.15, 0.2) is 73.6 Å². The van der Waals surface area contributed by atoms with Crippen LogP contribution in [0, 0.1) is 17.8 Å². The van der Waals surface area contributed by atoms with Crippen molar-refractivity contribution in [2.75, 3.05) is 31.1 Å². The summed E-state index contributed by atoms with van der Waals surface area (Å²) >= 11 is 6.28. The van der Waals surface area contributed by atoms with Crippen LogP contribution in [0.5, 0.6) is 5.75 Å². The standard InChI is InChI=1S/C73H97ClN18O21S2/c1-8-38(6)62(72(111)87-46(18-36(2)3)63(102)78-29-57(96)77-30-61(101)113-92-58(97)16-17-59(92)98)90-69(108)51(24-43-28-76-35-80-43)84-70(109)53-32-114-115-33-54(89-67(106)50(23-42-27-75-34-79-42)83-65(104)48(81-39(7)93)21-40-12-10-9-11-13-40)73(112)91-31-44(94)25-55(91)71(110)86-49(22-41-14-15-56(95)45(74)20-41)66(105)85-52(26-60(99)100)68(107)82-47(19-37(4)5)64(103)88-53/h9-15,20,27-28,34-38,44,46-55,62,94-95H,8,16-19,21-26,29-33H2,1-7H3,(H,75,79)(H,76,80)(H,77,96)(H,78,102)(H,81,93)(H,82,107)(H,83,104)(H,84,109)(H,85,105)(H,86,110)(H,87,111)(H,88,103)(H,89,106)(H,90,108)(H,99,100)/t38?,44?,46-,47-,48-,49-,50-,51-,52-,53-,54-,55-,62-/m0/s1. The average Bonchev–Trinajstić information content (AvgIpc) is 1.74. The lowest BCUT2D eigenvalue weighted by Gasteiger charge is -2.31. The highest BCUT2D eigenvalue weighted by molar-refractivity contribution is 8.76. The maximum atomic E-state index is 15.5. The quantitative estimate of drug-likeness (QED) is 0.0172. The second kappa shape index (κ2) is 43.9. The largest absolute Gasteiger partial charge is 0.506 e. The molecule has 0 saturated carbocycles. The highest BCUT2D eigenvalue weighted by Crippen LogP contribution is 2.29. The summed E-state index contributed by atoms with van der Waals surface area (Å²) in [5, 5.41) is 62.7. The van der Waals surface area contributed by atoms with Crippen LogP contribution in [0.3, 0.4) is 0 Å². The number of halogens is 1. The molecule has 115 heavy (non-hydrogen) atoms. The van der Waals surface area contributed by atoms with E-state index in [1.165, 1.54) is 50.2 Å². The Kier molecular flexibility index (Phi) is 34.7. The second-order valence-corrected chi connectivity index (χ2v) is 31.6. The number of aromatic amines is 2. The van der Waals surface area contributed by atoms with Gasteiger partial charge in [0.05, 0.1) is 48.1 Å². The summed E-state index contributed by atoms with van der Waals surface area (Å²) in [7, 11) is 1.65. The minimum absolute atomic E-state index is 0.00865. The molecule has 7 rings (SSSR count). The van der Waals surface area contributed by atoms with E-state index in [9.17, 15) is 72.9 Å². The summed E-state index contributed by atoms with van der Waals surface area (Å²) in [5.74, 6) is -19.8. The van der Waals surface area contributed by atoms with Gasteiger partial charge in [-0.05, 0) is 53.9 Å². The number of carbonyl (C=O) groups excluding carboxylic acids is 16. The fourth-order valence-corrected chi connectivity index (χ4v) is 14.9. The number of aromatic nitrogens is 4. The zero-order valence-electron chi connectivity index (χ0n) is 64.1. The Morgan fingerprint density at radius 1 is 0.643 bits per heavy atom. The van der Waals surface area contributed by atoms with Crippen molar-refractivity contribution in [3.05, 3.63) is 101 Å². The number of hydroxylamine groups is 2. The third-order valence-corrected chi connectivity index (χ3v) is 21.2. The molecule has 3 saturated heterocycles. The number of carbonyl (C=O) groups is 17. The van der Waals surface area contributed by atoms with Crippen LogP contribution < -0.4 is 63.8 Å². The molecule has 0 bridgehead atoms. The molecule has 17 N–H and O–H groups in total. The van der Waals surface area contributed by atoms with Gasteiger partial charge in [-0.3, -0.25) is 76.7 Å². The predicted octanol–water partition coefficient (Wildman–Crippen LogP) is -2.56. The Labute approximate surface area is 673 Å². The third kappa shape index (κ3) is 28.4. The molecule has 13 atom stereocenters. The molecule has 2 unspecified atom stereocenters. The molecule has 3 fully saturated rings. The van der Waals surface area contributed by atoms with E-state index in [-0.39, 0.29) is 78.6 Å². The summed E-state index contributed by atoms with van der Waals surface area (Å²) in [6.07, 6.45) is 0.884. The number of nitrogens with one attached hydrogen (secondary N) is 14. The Bertz CT molecular complexity index is 4150. The molecular formula is C73H97ClN18O21S2. The van der Waals surface area contributed by atoms with Crippen LogP contribution in [0.2, 0.25) is 5.02 Å². The predicted molar refractivity (Wildman–Crippen MR) is 411 cm³/mol. The molecule has 5 heterocycles. The van der Waals surface area contributed by atoms with E-state index >= 15 is 24.0 Å². The molecule has 2 aromatic heterocycles. The molecule has 0 radical (unpaired) electrons. The number of nitrogens with zero attached hydrogens (tertiary/aromatic N) is 4. The Morgan fingerprint density at radius 2 is 1.23 bits per heavy atom. The molecule has 624 valence electrons. The number of imide groups is 1. The van der Waals surface area contributed by atoms with Gasteiger partial charge < -0.3 is 98.8 Å². The minimum atomic E-state index is -2.01. The van der Waals surface area contributed by atoms with Crippen molar-refractivity contribution in [3.8, 4) is 5.75 Å². The Hall–Kier alpha value is -11.2. The molecule has 2 aromatic carbocycles. The number of aliphatic carboxylic acids is 1. The number of hydrogen-bond acceptors (Lipinski definition) is 24. The first kappa shape index (κ1) is 91.0. The van der Waals surface area contributed by atoms with Gasteiger partial charge in [0.25, 0.3) is 11.8 Å². The SMILES string of the molecule is CCC(C)[C@H](NC(=O)[C@H](Cc1c[nH]cn1)NC(=O)[C@@H]1CSSC[C@H](NC(=O)[C@H](Cc2c[nH]cn2)NC(=O)[C@H](Cc2ccccc2)NC(C)=O)C(=O)N2CC(O)C[C@H]2C(=O)N[C@@H](Cc2ccc(O)c(Cl)c2)C(=O)N[C@@H](CC(=O)O)C(=O)N[C@@H](CC(C)C)C(=O)N1)C(=O)N[C@@H](CC(C)C)C(=O)NCC(=O)NCC(=O)ON1C(=O)CCC1=O. The lowest BCUT2D eigenvalue weighted by Crippen LogP contribution is -2.62. The molecule has 0 spiro atoms. The average molecular weight is 1660 g/mol. The lowest BCUT2D eigenvalue weighted by atomic mass is 9.96. The highest BCUT2D eigenvalue weighted by Gasteiger charge is 2.45. The van der Waals surface area contributed by atoms with Crippen LogP contribution in [0.1, 0.15) is 116 Å². The van der Waals surface area contributed by atoms with Gasteiger partial charge >= 0.3 is 11.9 Å². The van der Waals surface area contributed by atoms with E-state index in [2.05, 4.69) is 83.7 Å².